The number of hydrogen-bond donors (Lipinski definition) is 0. The van der Waals surface area contributed by atoms with Crippen molar-refractivity contribution in [2.45, 2.75) is 45.4 Å². The van der Waals surface area contributed by atoms with Crippen LogP contribution in [-0.4, -0.2) is 67.4 Å². The van der Waals surface area contributed by atoms with Gasteiger partial charge in [-0.05, 0) is 38.0 Å². The molecule has 3 saturated heterocycles. The standard InChI is InChI=1S/C19H32N6O/c1-2-16-6-10-24(11-7-16)18-20-17(23-8-4-3-5-9-23)21-19(22-18)25-12-14-26-15-13-25/h16H,2-15H2,1H3. The SMILES string of the molecule is CCC1CCN(c2nc(N3CCCCC3)nc(N3CCOCC3)n2)CC1. The molecule has 0 atom stereocenters. The van der Waals surface area contributed by atoms with Crippen molar-refractivity contribution in [3.63, 3.8) is 0 Å². The van der Waals surface area contributed by atoms with Crippen LogP contribution >= 0.6 is 0 Å². The molecule has 0 aliphatic carbocycles. The highest BCUT2D eigenvalue weighted by Gasteiger charge is 2.25. The topological polar surface area (TPSA) is 57.6 Å². The fourth-order valence-electron chi connectivity index (χ4n) is 4.17. The monoisotopic (exact) mass is 360 g/mol. The minimum Gasteiger partial charge on any atom is -0.378 e. The van der Waals surface area contributed by atoms with Crippen LogP contribution in [0, 0.1) is 5.92 Å². The van der Waals surface area contributed by atoms with Crippen molar-refractivity contribution in [2.75, 3.05) is 67.2 Å². The number of morpholine rings is 1. The molecule has 7 heteroatoms. The van der Waals surface area contributed by atoms with Crippen LogP contribution in [0.3, 0.4) is 0 Å². The Morgan fingerprint density at radius 3 is 1.77 bits per heavy atom. The number of aromatic nitrogens is 3. The van der Waals surface area contributed by atoms with Gasteiger partial charge in [0, 0.05) is 39.3 Å². The Kier molecular flexibility index (Phi) is 5.72. The maximum absolute atomic E-state index is 5.50. The lowest BCUT2D eigenvalue weighted by atomic mass is 9.95. The van der Waals surface area contributed by atoms with E-state index in [0.717, 1.165) is 76.2 Å². The molecular weight excluding hydrogens is 328 g/mol. The van der Waals surface area contributed by atoms with Gasteiger partial charge in [-0.25, -0.2) is 0 Å². The summed E-state index contributed by atoms with van der Waals surface area (Å²) in [5, 5.41) is 0. The van der Waals surface area contributed by atoms with Crippen LogP contribution in [0.15, 0.2) is 0 Å². The van der Waals surface area contributed by atoms with E-state index >= 15 is 0 Å². The lowest BCUT2D eigenvalue weighted by Crippen LogP contribution is -2.40. The summed E-state index contributed by atoms with van der Waals surface area (Å²) in [5.74, 6) is 3.43. The first kappa shape index (κ1) is 17.8. The van der Waals surface area contributed by atoms with Gasteiger partial charge in [-0.1, -0.05) is 13.3 Å². The van der Waals surface area contributed by atoms with E-state index in [1.165, 1.54) is 38.5 Å². The highest BCUT2D eigenvalue weighted by atomic mass is 16.5. The summed E-state index contributed by atoms with van der Waals surface area (Å²) in [7, 11) is 0. The molecule has 26 heavy (non-hydrogen) atoms. The third kappa shape index (κ3) is 4.03. The number of rotatable bonds is 4. The van der Waals surface area contributed by atoms with Crippen LogP contribution in [0.4, 0.5) is 17.8 Å². The van der Waals surface area contributed by atoms with Crippen LogP contribution in [0.2, 0.25) is 0 Å². The second-order valence-electron chi connectivity index (χ2n) is 7.72. The van der Waals surface area contributed by atoms with Crippen molar-refractivity contribution in [3.8, 4) is 0 Å². The van der Waals surface area contributed by atoms with Crippen LogP contribution in [0.5, 0.6) is 0 Å². The van der Waals surface area contributed by atoms with E-state index in [-0.39, 0.29) is 0 Å². The summed E-state index contributed by atoms with van der Waals surface area (Å²) < 4.78 is 5.50. The smallest absolute Gasteiger partial charge is 0.232 e. The quantitative estimate of drug-likeness (QED) is 0.817. The molecule has 0 amide bonds. The zero-order valence-corrected chi connectivity index (χ0v) is 16.1. The number of anilines is 3. The highest BCUT2D eigenvalue weighted by molar-refractivity contribution is 5.47. The second kappa shape index (κ2) is 8.37. The summed E-state index contributed by atoms with van der Waals surface area (Å²) in [6.45, 7) is 9.77. The Bertz CT molecular complexity index is 541. The summed E-state index contributed by atoms with van der Waals surface area (Å²) in [5.41, 5.74) is 0. The van der Waals surface area contributed by atoms with Crippen molar-refractivity contribution in [1.29, 1.82) is 0 Å². The summed E-state index contributed by atoms with van der Waals surface area (Å²) in [6.07, 6.45) is 7.55. The predicted molar refractivity (Wildman–Crippen MR) is 104 cm³/mol. The molecule has 3 fully saturated rings. The van der Waals surface area contributed by atoms with Crippen LogP contribution < -0.4 is 14.7 Å². The fourth-order valence-corrected chi connectivity index (χ4v) is 4.17. The molecule has 0 N–H and O–H groups in total. The molecule has 0 saturated carbocycles. The third-order valence-electron chi connectivity index (χ3n) is 6.01. The molecule has 3 aliphatic heterocycles. The Morgan fingerprint density at radius 1 is 0.731 bits per heavy atom. The first-order chi connectivity index (χ1) is 12.8. The van der Waals surface area contributed by atoms with Gasteiger partial charge >= 0.3 is 0 Å². The van der Waals surface area contributed by atoms with Crippen LogP contribution in [0.1, 0.15) is 45.4 Å². The van der Waals surface area contributed by atoms with Gasteiger partial charge in [0.2, 0.25) is 17.8 Å². The van der Waals surface area contributed by atoms with E-state index in [4.69, 9.17) is 19.7 Å². The first-order valence-corrected chi connectivity index (χ1v) is 10.4. The maximum atomic E-state index is 5.50. The molecule has 7 nitrogen and oxygen atoms in total. The molecule has 0 bridgehead atoms. The Labute approximate surface area is 156 Å². The maximum Gasteiger partial charge on any atom is 0.232 e. The van der Waals surface area contributed by atoms with E-state index in [0.29, 0.717) is 0 Å². The van der Waals surface area contributed by atoms with Crippen LogP contribution in [-0.2, 0) is 4.74 Å². The van der Waals surface area contributed by atoms with Gasteiger partial charge in [0.25, 0.3) is 0 Å². The normalized spacial score (nSPS) is 22.7. The molecular formula is C19H32N6O. The Morgan fingerprint density at radius 2 is 1.23 bits per heavy atom. The van der Waals surface area contributed by atoms with Crippen molar-refractivity contribution in [2.24, 2.45) is 5.92 Å². The number of nitrogens with zero attached hydrogens (tertiary/aromatic N) is 6. The second-order valence-corrected chi connectivity index (χ2v) is 7.72. The number of hydrogen-bond acceptors (Lipinski definition) is 7. The van der Waals surface area contributed by atoms with Crippen molar-refractivity contribution >= 4 is 17.8 Å². The highest BCUT2D eigenvalue weighted by Crippen LogP contribution is 2.26. The Hall–Kier alpha value is -1.63. The molecule has 1 aromatic heterocycles. The molecule has 0 aromatic carbocycles. The molecule has 1 aromatic rings. The van der Waals surface area contributed by atoms with E-state index in [2.05, 4.69) is 21.6 Å². The Balaban J connectivity index is 1.59. The van der Waals surface area contributed by atoms with Gasteiger partial charge in [-0.3, -0.25) is 0 Å². The average molecular weight is 361 g/mol. The zero-order chi connectivity index (χ0) is 17.8. The number of piperidine rings is 2. The molecule has 0 unspecified atom stereocenters. The molecule has 3 aliphatic rings. The van der Waals surface area contributed by atoms with Crippen molar-refractivity contribution < 1.29 is 4.74 Å². The van der Waals surface area contributed by atoms with Crippen LogP contribution in [0.25, 0.3) is 0 Å². The minimum atomic E-state index is 0.752. The molecule has 144 valence electrons. The molecule has 4 rings (SSSR count). The summed E-state index contributed by atoms with van der Waals surface area (Å²) >= 11 is 0. The van der Waals surface area contributed by atoms with Gasteiger partial charge in [0.1, 0.15) is 0 Å². The van der Waals surface area contributed by atoms with Gasteiger partial charge < -0.3 is 19.4 Å². The zero-order valence-electron chi connectivity index (χ0n) is 16.1. The summed E-state index contributed by atoms with van der Waals surface area (Å²) in [4.78, 5) is 21.6. The first-order valence-electron chi connectivity index (χ1n) is 10.4. The fraction of sp³-hybridized carbons (Fsp3) is 0.842. The van der Waals surface area contributed by atoms with Crippen molar-refractivity contribution in [3.05, 3.63) is 0 Å². The third-order valence-corrected chi connectivity index (χ3v) is 6.01. The molecule has 0 spiro atoms. The number of ether oxygens (including phenoxy) is 1. The van der Waals surface area contributed by atoms with Crippen molar-refractivity contribution in [1.82, 2.24) is 15.0 Å². The lowest BCUT2D eigenvalue weighted by molar-refractivity contribution is 0.122. The summed E-state index contributed by atoms with van der Waals surface area (Å²) in [6, 6.07) is 0. The van der Waals surface area contributed by atoms with Gasteiger partial charge in [0.15, 0.2) is 0 Å². The largest absolute Gasteiger partial charge is 0.378 e. The van der Waals surface area contributed by atoms with E-state index in [9.17, 15) is 0 Å². The van der Waals surface area contributed by atoms with Gasteiger partial charge in [0.05, 0.1) is 13.2 Å². The van der Waals surface area contributed by atoms with E-state index in [1.807, 2.05) is 0 Å². The lowest BCUT2D eigenvalue weighted by Gasteiger charge is -2.34. The van der Waals surface area contributed by atoms with Gasteiger partial charge in [-0.2, -0.15) is 15.0 Å². The molecule has 0 radical (unpaired) electrons. The van der Waals surface area contributed by atoms with Gasteiger partial charge in [-0.15, -0.1) is 0 Å². The minimum absolute atomic E-state index is 0.752. The average Bonchev–Trinajstić information content (AvgIpc) is 2.75. The van der Waals surface area contributed by atoms with E-state index < -0.39 is 0 Å². The predicted octanol–water partition coefficient (Wildman–Crippen LogP) is 2.32. The van der Waals surface area contributed by atoms with E-state index in [1.54, 1.807) is 0 Å². The molecule has 4 heterocycles.